The molecule has 8 nitrogen and oxygen atoms in total. The van der Waals surface area contributed by atoms with Crippen molar-refractivity contribution in [2.75, 3.05) is 18.6 Å². The van der Waals surface area contributed by atoms with Crippen molar-refractivity contribution < 1.29 is 23.1 Å². The van der Waals surface area contributed by atoms with Crippen molar-refractivity contribution in [2.45, 2.75) is 38.6 Å². The van der Waals surface area contributed by atoms with Crippen LogP contribution in [0.4, 0.5) is 10.3 Å². The van der Waals surface area contributed by atoms with E-state index in [0.29, 0.717) is 23.7 Å². The van der Waals surface area contributed by atoms with Gasteiger partial charge in [0, 0.05) is 12.4 Å². The van der Waals surface area contributed by atoms with Gasteiger partial charge < -0.3 is 13.9 Å². The second-order valence-electron chi connectivity index (χ2n) is 8.76. The molecule has 0 saturated carbocycles. The molecule has 0 spiro atoms. The quantitative estimate of drug-likeness (QED) is 0.281. The number of methoxy groups -OCH3 is 1. The van der Waals surface area contributed by atoms with E-state index in [9.17, 15) is 14.0 Å². The second kappa shape index (κ2) is 10.4. The fourth-order valence-corrected chi connectivity index (χ4v) is 4.57. The predicted molar refractivity (Wildman–Crippen MR) is 136 cm³/mol. The second-order valence-corrected chi connectivity index (χ2v) is 8.76. The monoisotopic (exact) mass is 503 g/mol. The number of ether oxygens (including phenoxy) is 2. The van der Waals surface area contributed by atoms with Gasteiger partial charge in [0.15, 0.2) is 16.9 Å². The molecule has 2 aromatic carbocycles. The Kier molecular flexibility index (Phi) is 6.85. The summed E-state index contributed by atoms with van der Waals surface area (Å²) in [4.78, 5) is 37.0. The molecule has 5 rings (SSSR count). The first-order valence-corrected chi connectivity index (χ1v) is 12.2. The standard InChI is InChI=1S/C28H26FN3O5/c1-3-4-5-6-14-36-21-10-8-17(15-22(21)35-2)24-23-25(33)19-16-18(29)9-11-20(19)37-26(23)27(34)32(24)28-30-12-7-13-31-28/h7-13,15-16,24H,3-6,14H2,1-2H3. The van der Waals surface area contributed by atoms with Crippen LogP contribution >= 0.6 is 0 Å². The highest BCUT2D eigenvalue weighted by Gasteiger charge is 2.45. The molecule has 0 saturated heterocycles. The van der Waals surface area contributed by atoms with Gasteiger partial charge in [-0.3, -0.25) is 14.5 Å². The van der Waals surface area contributed by atoms with E-state index in [2.05, 4.69) is 16.9 Å². The van der Waals surface area contributed by atoms with Gasteiger partial charge in [0.25, 0.3) is 5.91 Å². The van der Waals surface area contributed by atoms with Crippen LogP contribution < -0.4 is 19.8 Å². The Morgan fingerprint density at radius 3 is 2.59 bits per heavy atom. The number of amides is 1. The lowest BCUT2D eigenvalue weighted by atomic mass is 9.98. The Labute approximate surface area is 212 Å². The number of unbranched alkanes of at least 4 members (excludes halogenated alkanes) is 3. The molecular weight excluding hydrogens is 477 g/mol. The van der Waals surface area contributed by atoms with E-state index in [1.165, 1.54) is 36.5 Å². The lowest BCUT2D eigenvalue weighted by Crippen LogP contribution is -2.31. The first-order chi connectivity index (χ1) is 18.0. The zero-order valence-corrected chi connectivity index (χ0v) is 20.6. The summed E-state index contributed by atoms with van der Waals surface area (Å²) in [6.45, 7) is 2.70. The highest BCUT2D eigenvalue weighted by Crippen LogP contribution is 2.42. The highest BCUT2D eigenvalue weighted by molar-refractivity contribution is 6.09. The third kappa shape index (κ3) is 4.52. The topological polar surface area (TPSA) is 94.8 Å². The van der Waals surface area contributed by atoms with E-state index < -0.39 is 23.2 Å². The minimum absolute atomic E-state index is 0.0476. The molecule has 0 fully saturated rings. The summed E-state index contributed by atoms with van der Waals surface area (Å²) in [6, 6.07) is 9.58. The molecule has 1 amide bonds. The fourth-order valence-electron chi connectivity index (χ4n) is 4.57. The van der Waals surface area contributed by atoms with E-state index in [4.69, 9.17) is 13.9 Å². The van der Waals surface area contributed by atoms with E-state index in [1.54, 1.807) is 24.3 Å². The van der Waals surface area contributed by atoms with Gasteiger partial charge in [0.1, 0.15) is 11.4 Å². The minimum Gasteiger partial charge on any atom is -0.493 e. The maximum absolute atomic E-state index is 14.0. The molecule has 9 heteroatoms. The molecule has 2 aromatic heterocycles. The van der Waals surface area contributed by atoms with Gasteiger partial charge in [-0.1, -0.05) is 32.3 Å². The van der Waals surface area contributed by atoms with Crippen molar-refractivity contribution in [2.24, 2.45) is 0 Å². The molecule has 3 heterocycles. The molecule has 1 atom stereocenters. The van der Waals surface area contributed by atoms with Crippen LogP contribution in [0, 0.1) is 5.82 Å². The third-order valence-electron chi connectivity index (χ3n) is 6.36. The summed E-state index contributed by atoms with van der Waals surface area (Å²) >= 11 is 0. The predicted octanol–water partition coefficient (Wildman–Crippen LogP) is 5.44. The number of fused-ring (bicyclic) bond motifs is 2. The lowest BCUT2D eigenvalue weighted by molar-refractivity contribution is 0.0969. The third-order valence-corrected chi connectivity index (χ3v) is 6.36. The van der Waals surface area contributed by atoms with Crippen molar-refractivity contribution in [3.05, 3.63) is 87.8 Å². The zero-order valence-electron chi connectivity index (χ0n) is 20.6. The Morgan fingerprint density at radius 2 is 1.84 bits per heavy atom. The number of hydrogen-bond donors (Lipinski definition) is 0. The maximum Gasteiger partial charge on any atom is 0.297 e. The number of rotatable bonds is 9. The summed E-state index contributed by atoms with van der Waals surface area (Å²) < 4.78 is 31.4. The van der Waals surface area contributed by atoms with Crippen LogP contribution in [0.5, 0.6) is 11.5 Å². The molecule has 190 valence electrons. The Bertz CT molecular complexity index is 1510. The molecule has 1 unspecified atom stereocenters. The van der Waals surface area contributed by atoms with Gasteiger partial charge in [-0.15, -0.1) is 0 Å². The van der Waals surface area contributed by atoms with Crippen LogP contribution in [0.1, 0.15) is 60.3 Å². The van der Waals surface area contributed by atoms with Crippen molar-refractivity contribution in [1.82, 2.24) is 9.97 Å². The smallest absolute Gasteiger partial charge is 0.297 e. The Morgan fingerprint density at radius 1 is 1.03 bits per heavy atom. The molecule has 0 radical (unpaired) electrons. The fraction of sp³-hybridized carbons (Fsp3) is 0.286. The highest BCUT2D eigenvalue weighted by atomic mass is 19.1. The van der Waals surface area contributed by atoms with Gasteiger partial charge in [0.2, 0.25) is 11.7 Å². The van der Waals surface area contributed by atoms with Gasteiger partial charge in [-0.25, -0.2) is 14.4 Å². The van der Waals surface area contributed by atoms with E-state index in [0.717, 1.165) is 31.7 Å². The first kappa shape index (κ1) is 24.4. The Hall–Kier alpha value is -4.27. The van der Waals surface area contributed by atoms with Crippen molar-refractivity contribution in [3.63, 3.8) is 0 Å². The van der Waals surface area contributed by atoms with E-state index in [1.807, 2.05) is 0 Å². The number of carbonyl (C=O) groups is 1. The van der Waals surface area contributed by atoms with Gasteiger partial charge in [-0.05, 0) is 48.4 Å². The zero-order chi connectivity index (χ0) is 25.9. The summed E-state index contributed by atoms with van der Waals surface area (Å²) in [5.41, 5.74) is 0.281. The van der Waals surface area contributed by atoms with Gasteiger partial charge >= 0.3 is 0 Å². The van der Waals surface area contributed by atoms with Crippen LogP contribution in [0.15, 0.2) is 64.1 Å². The SMILES string of the molecule is CCCCCCOc1ccc(C2c3c(oc4ccc(F)cc4c3=O)C(=O)N2c2ncccn2)cc1OC. The van der Waals surface area contributed by atoms with Crippen molar-refractivity contribution in [3.8, 4) is 11.5 Å². The number of benzene rings is 2. The molecule has 4 aromatic rings. The summed E-state index contributed by atoms with van der Waals surface area (Å²) in [6.07, 6.45) is 7.30. The average Bonchev–Trinajstić information content (AvgIpc) is 3.22. The van der Waals surface area contributed by atoms with Crippen molar-refractivity contribution >= 4 is 22.8 Å². The molecular formula is C28H26FN3O5. The lowest BCUT2D eigenvalue weighted by Gasteiger charge is -2.23. The summed E-state index contributed by atoms with van der Waals surface area (Å²) in [5.74, 6) is -0.150. The van der Waals surface area contributed by atoms with E-state index in [-0.39, 0.29) is 28.2 Å². The van der Waals surface area contributed by atoms with Gasteiger partial charge in [-0.2, -0.15) is 0 Å². The number of hydrogen-bond acceptors (Lipinski definition) is 7. The maximum atomic E-state index is 14.0. The number of carbonyl (C=O) groups excluding carboxylic acids is 1. The molecule has 1 aliphatic heterocycles. The summed E-state index contributed by atoms with van der Waals surface area (Å²) in [7, 11) is 1.53. The molecule has 0 aliphatic carbocycles. The number of nitrogens with zero attached hydrogens (tertiary/aromatic N) is 3. The van der Waals surface area contributed by atoms with Crippen molar-refractivity contribution in [1.29, 1.82) is 0 Å². The molecule has 1 aliphatic rings. The summed E-state index contributed by atoms with van der Waals surface area (Å²) in [5, 5.41) is 0.0476. The normalized spacial score (nSPS) is 14.7. The molecule has 0 N–H and O–H groups in total. The number of aromatic nitrogens is 2. The minimum atomic E-state index is -0.915. The molecule has 0 bridgehead atoms. The first-order valence-electron chi connectivity index (χ1n) is 12.2. The number of anilines is 1. The van der Waals surface area contributed by atoms with Crippen LogP contribution in [0.3, 0.4) is 0 Å². The van der Waals surface area contributed by atoms with Crippen LogP contribution in [-0.2, 0) is 0 Å². The Balaban J connectivity index is 1.62. The largest absolute Gasteiger partial charge is 0.493 e. The molecule has 37 heavy (non-hydrogen) atoms. The van der Waals surface area contributed by atoms with Crippen LogP contribution in [0.2, 0.25) is 0 Å². The average molecular weight is 504 g/mol. The van der Waals surface area contributed by atoms with Gasteiger partial charge in [0.05, 0.1) is 30.7 Å². The van der Waals surface area contributed by atoms with E-state index >= 15 is 0 Å². The van der Waals surface area contributed by atoms with Crippen LogP contribution in [0.25, 0.3) is 11.0 Å². The van der Waals surface area contributed by atoms with Crippen LogP contribution in [-0.4, -0.2) is 29.6 Å². The number of halogens is 1.